The number of methoxy groups -OCH3 is 2. The first kappa shape index (κ1) is 19.0. The van der Waals surface area contributed by atoms with Crippen LogP contribution in [0.2, 0.25) is 0 Å². The first-order chi connectivity index (χ1) is 14.1. The minimum Gasteiger partial charge on any atom is -0.497 e. The predicted octanol–water partition coefficient (Wildman–Crippen LogP) is 3.35. The van der Waals surface area contributed by atoms with E-state index in [4.69, 9.17) is 9.47 Å². The molecule has 0 N–H and O–H groups in total. The summed E-state index contributed by atoms with van der Waals surface area (Å²) in [6, 6.07) is 13.8. The van der Waals surface area contributed by atoms with Crippen LogP contribution in [0.25, 0.3) is 10.9 Å². The Balaban J connectivity index is 1.54. The first-order valence-electron chi connectivity index (χ1n) is 9.42. The minimum absolute atomic E-state index is 0.158. The topological polar surface area (TPSA) is 54.9 Å². The molecule has 2 aromatic carbocycles. The first-order valence-corrected chi connectivity index (χ1v) is 9.42. The average molecular weight is 395 g/mol. The van der Waals surface area contributed by atoms with Gasteiger partial charge in [-0.15, -0.1) is 0 Å². The smallest absolute Gasteiger partial charge is 0.272 e. The molecule has 150 valence electrons. The molecule has 0 atom stereocenters. The van der Waals surface area contributed by atoms with Crippen LogP contribution in [0, 0.1) is 5.82 Å². The SMILES string of the molecule is COc1ccc2nc(C(=O)N3CCN(c4ccccc4F)CC3)cc(OC)c2c1. The van der Waals surface area contributed by atoms with E-state index in [2.05, 4.69) is 4.98 Å². The molecule has 6 nitrogen and oxygen atoms in total. The number of halogens is 1. The van der Waals surface area contributed by atoms with Gasteiger partial charge in [0.1, 0.15) is 23.0 Å². The van der Waals surface area contributed by atoms with Crippen LogP contribution in [0.4, 0.5) is 10.1 Å². The number of rotatable bonds is 4. The molecule has 2 heterocycles. The Kier molecular flexibility index (Phi) is 5.20. The Morgan fingerprint density at radius 1 is 1.00 bits per heavy atom. The largest absolute Gasteiger partial charge is 0.497 e. The number of carbonyl (C=O) groups excluding carboxylic acids is 1. The van der Waals surface area contributed by atoms with Crippen molar-refractivity contribution in [1.29, 1.82) is 0 Å². The van der Waals surface area contributed by atoms with E-state index in [1.807, 2.05) is 23.1 Å². The summed E-state index contributed by atoms with van der Waals surface area (Å²) in [6.07, 6.45) is 0. The number of para-hydroxylation sites is 1. The van der Waals surface area contributed by atoms with Gasteiger partial charge in [0.15, 0.2) is 0 Å². The van der Waals surface area contributed by atoms with Gasteiger partial charge in [0.2, 0.25) is 0 Å². The number of pyridine rings is 1. The van der Waals surface area contributed by atoms with Crippen molar-refractivity contribution >= 4 is 22.5 Å². The number of anilines is 1. The molecule has 0 saturated carbocycles. The number of hydrogen-bond acceptors (Lipinski definition) is 5. The molecule has 0 unspecified atom stereocenters. The summed E-state index contributed by atoms with van der Waals surface area (Å²) >= 11 is 0. The van der Waals surface area contributed by atoms with Crippen molar-refractivity contribution in [3.05, 3.63) is 60.0 Å². The van der Waals surface area contributed by atoms with Crippen LogP contribution >= 0.6 is 0 Å². The van der Waals surface area contributed by atoms with E-state index in [-0.39, 0.29) is 11.7 Å². The highest BCUT2D eigenvalue weighted by Gasteiger charge is 2.25. The molecular weight excluding hydrogens is 373 g/mol. The van der Waals surface area contributed by atoms with Gasteiger partial charge in [0, 0.05) is 37.6 Å². The monoisotopic (exact) mass is 395 g/mol. The van der Waals surface area contributed by atoms with Crippen LogP contribution < -0.4 is 14.4 Å². The number of amides is 1. The minimum atomic E-state index is -0.247. The number of nitrogens with zero attached hydrogens (tertiary/aromatic N) is 3. The zero-order valence-corrected chi connectivity index (χ0v) is 16.4. The Hall–Kier alpha value is -3.35. The number of piperazine rings is 1. The lowest BCUT2D eigenvalue weighted by Gasteiger charge is -2.36. The van der Waals surface area contributed by atoms with E-state index in [9.17, 15) is 9.18 Å². The number of fused-ring (bicyclic) bond motifs is 1. The highest BCUT2D eigenvalue weighted by molar-refractivity contribution is 5.97. The summed E-state index contributed by atoms with van der Waals surface area (Å²) in [5.41, 5.74) is 1.57. The lowest BCUT2D eigenvalue weighted by atomic mass is 10.1. The number of aromatic nitrogens is 1. The van der Waals surface area contributed by atoms with Crippen LogP contribution in [-0.4, -0.2) is 56.2 Å². The lowest BCUT2D eigenvalue weighted by molar-refractivity contribution is 0.0741. The lowest BCUT2D eigenvalue weighted by Crippen LogP contribution is -2.49. The van der Waals surface area contributed by atoms with E-state index in [0.717, 1.165) is 5.39 Å². The molecule has 1 saturated heterocycles. The van der Waals surface area contributed by atoms with Crippen LogP contribution in [0.1, 0.15) is 10.5 Å². The molecule has 1 aromatic heterocycles. The molecule has 4 rings (SSSR count). The van der Waals surface area contributed by atoms with E-state index < -0.39 is 0 Å². The molecule has 0 spiro atoms. The summed E-state index contributed by atoms with van der Waals surface area (Å²) in [6.45, 7) is 2.12. The van der Waals surface area contributed by atoms with E-state index in [1.54, 1.807) is 43.4 Å². The molecule has 29 heavy (non-hydrogen) atoms. The number of ether oxygens (including phenoxy) is 2. The Morgan fingerprint density at radius 3 is 2.45 bits per heavy atom. The third-order valence-electron chi connectivity index (χ3n) is 5.18. The van der Waals surface area contributed by atoms with Crippen LogP contribution in [0.3, 0.4) is 0 Å². The maximum atomic E-state index is 14.0. The average Bonchev–Trinajstić information content (AvgIpc) is 2.78. The fourth-order valence-electron chi connectivity index (χ4n) is 3.60. The maximum absolute atomic E-state index is 14.0. The van der Waals surface area contributed by atoms with Gasteiger partial charge in [0.05, 0.1) is 25.4 Å². The third kappa shape index (κ3) is 3.68. The van der Waals surface area contributed by atoms with Crippen LogP contribution in [0.15, 0.2) is 48.5 Å². The summed E-state index contributed by atoms with van der Waals surface area (Å²) in [4.78, 5) is 21.3. The summed E-state index contributed by atoms with van der Waals surface area (Å²) in [7, 11) is 3.16. The van der Waals surface area contributed by atoms with Crippen LogP contribution in [0.5, 0.6) is 11.5 Å². The van der Waals surface area contributed by atoms with Gasteiger partial charge in [-0.05, 0) is 30.3 Å². The summed E-state index contributed by atoms with van der Waals surface area (Å²) in [5, 5.41) is 0.785. The Morgan fingerprint density at radius 2 is 1.76 bits per heavy atom. The van der Waals surface area contributed by atoms with Gasteiger partial charge in [-0.2, -0.15) is 0 Å². The fourth-order valence-corrected chi connectivity index (χ4v) is 3.60. The number of carbonyl (C=O) groups is 1. The van der Waals surface area contributed by atoms with E-state index >= 15 is 0 Å². The second kappa shape index (κ2) is 7.95. The highest BCUT2D eigenvalue weighted by atomic mass is 19.1. The predicted molar refractivity (Wildman–Crippen MR) is 109 cm³/mol. The molecule has 1 aliphatic rings. The molecular formula is C22H22FN3O3. The van der Waals surface area contributed by atoms with Gasteiger partial charge in [-0.3, -0.25) is 4.79 Å². The normalized spacial score (nSPS) is 14.2. The molecule has 3 aromatic rings. The van der Waals surface area contributed by atoms with Gasteiger partial charge >= 0.3 is 0 Å². The molecule has 7 heteroatoms. The zero-order chi connectivity index (χ0) is 20.4. The summed E-state index contributed by atoms with van der Waals surface area (Å²) < 4.78 is 24.8. The molecule has 0 bridgehead atoms. The van der Waals surface area contributed by atoms with Gasteiger partial charge in [0.25, 0.3) is 5.91 Å². The van der Waals surface area contributed by atoms with E-state index in [1.165, 1.54) is 6.07 Å². The van der Waals surface area contributed by atoms with Crippen molar-refractivity contribution in [2.45, 2.75) is 0 Å². The van der Waals surface area contributed by atoms with Crippen molar-refractivity contribution in [3.8, 4) is 11.5 Å². The second-order valence-electron chi connectivity index (χ2n) is 6.82. The molecule has 1 amide bonds. The highest BCUT2D eigenvalue weighted by Crippen LogP contribution is 2.29. The van der Waals surface area contributed by atoms with Crippen molar-refractivity contribution in [3.63, 3.8) is 0 Å². The maximum Gasteiger partial charge on any atom is 0.272 e. The Bertz CT molecular complexity index is 1050. The Labute approximate surface area is 168 Å². The fraction of sp³-hybridized carbons (Fsp3) is 0.273. The molecule has 0 radical (unpaired) electrons. The third-order valence-corrected chi connectivity index (χ3v) is 5.18. The summed E-state index contributed by atoms with van der Waals surface area (Å²) in [5.74, 6) is 0.862. The second-order valence-corrected chi connectivity index (χ2v) is 6.82. The quantitative estimate of drug-likeness (QED) is 0.678. The standard InChI is InChI=1S/C22H22FN3O3/c1-28-15-7-8-18-16(13-15)21(29-2)14-19(24-18)22(27)26-11-9-25(10-12-26)20-6-4-3-5-17(20)23/h3-8,13-14H,9-12H2,1-2H3. The van der Waals surface area contributed by atoms with Gasteiger partial charge in [-0.1, -0.05) is 12.1 Å². The van der Waals surface area contributed by atoms with Crippen LogP contribution in [-0.2, 0) is 0 Å². The van der Waals surface area contributed by atoms with Crippen molar-refractivity contribution in [2.24, 2.45) is 0 Å². The van der Waals surface area contributed by atoms with Crippen molar-refractivity contribution < 1.29 is 18.7 Å². The number of hydrogen-bond donors (Lipinski definition) is 0. The van der Waals surface area contributed by atoms with Crippen molar-refractivity contribution in [1.82, 2.24) is 9.88 Å². The van der Waals surface area contributed by atoms with Crippen molar-refractivity contribution in [2.75, 3.05) is 45.3 Å². The van der Waals surface area contributed by atoms with E-state index in [0.29, 0.717) is 54.6 Å². The number of benzene rings is 2. The molecule has 1 aliphatic heterocycles. The van der Waals surface area contributed by atoms with Gasteiger partial charge in [-0.25, -0.2) is 9.37 Å². The zero-order valence-electron chi connectivity index (χ0n) is 16.4. The molecule has 1 fully saturated rings. The van der Waals surface area contributed by atoms with Gasteiger partial charge < -0.3 is 19.3 Å². The molecule has 0 aliphatic carbocycles.